The smallest absolute Gasteiger partial charge is 0.246 e. The summed E-state index contributed by atoms with van der Waals surface area (Å²) in [5.41, 5.74) is 2.18. The van der Waals surface area contributed by atoms with Crippen molar-refractivity contribution in [3.8, 4) is 0 Å². The van der Waals surface area contributed by atoms with Crippen LogP contribution in [0.3, 0.4) is 0 Å². The van der Waals surface area contributed by atoms with E-state index in [2.05, 4.69) is 10.4 Å². The molecule has 158 valence electrons. The second-order valence-electron chi connectivity index (χ2n) is 7.45. The molecule has 0 aliphatic carbocycles. The number of anilines is 1. The molecule has 1 aromatic heterocycles. The van der Waals surface area contributed by atoms with Crippen molar-refractivity contribution < 1.29 is 17.6 Å². The van der Waals surface area contributed by atoms with Gasteiger partial charge in [0.05, 0.1) is 17.9 Å². The van der Waals surface area contributed by atoms with Gasteiger partial charge in [0.15, 0.2) is 0 Å². The lowest BCUT2D eigenvalue weighted by molar-refractivity contribution is -0.116. The molecule has 0 spiro atoms. The van der Waals surface area contributed by atoms with E-state index in [4.69, 9.17) is 0 Å². The lowest BCUT2D eigenvalue weighted by Crippen LogP contribution is -2.36. The first kappa shape index (κ1) is 21.4. The molecule has 1 aromatic carbocycles. The van der Waals surface area contributed by atoms with Crippen molar-refractivity contribution in [2.24, 2.45) is 0 Å². The van der Waals surface area contributed by atoms with Crippen LogP contribution in [0, 0.1) is 26.6 Å². The number of rotatable bonds is 6. The quantitative estimate of drug-likeness (QED) is 0.775. The van der Waals surface area contributed by atoms with Gasteiger partial charge in [-0.1, -0.05) is 6.42 Å². The number of nitrogens with zero attached hydrogens (tertiary/aromatic N) is 3. The second kappa shape index (κ2) is 8.62. The fraction of sp³-hybridized carbons (Fsp3) is 0.500. The number of aromatic nitrogens is 2. The minimum atomic E-state index is -3.59. The summed E-state index contributed by atoms with van der Waals surface area (Å²) < 4.78 is 42.4. The van der Waals surface area contributed by atoms with Crippen LogP contribution >= 0.6 is 0 Å². The molecule has 1 fully saturated rings. The van der Waals surface area contributed by atoms with Gasteiger partial charge in [-0.2, -0.15) is 9.40 Å². The third kappa shape index (κ3) is 4.67. The predicted molar refractivity (Wildman–Crippen MR) is 109 cm³/mol. The van der Waals surface area contributed by atoms with Gasteiger partial charge < -0.3 is 5.32 Å². The van der Waals surface area contributed by atoms with Crippen LogP contribution in [0.5, 0.6) is 0 Å². The molecule has 9 heteroatoms. The Bertz CT molecular complexity index is 1010. The first-order chi connectivity index (χ1) is 13.7. The average Bonchev–Trinajstić information content (AvgIpc) is 2.97. The summed E-state index contributed by atoms with van der Waals surface area (Å²) in [6.07, 6.45) is 2.91. The van der Waals surface area contributed by atoms with Crippen LogP contribution in [0.25, 0.3) is 0 Å². The van der Waals surface area contributed by atoms with Crippen LogP contribution < -0.4 is 5.32 Å². The Labute approximate surface area is 171 Å². The third-order valence-corrected chi connectivity index (χ3v) is 7.39. The fourth-order valence-corrected chi connectivity index (χ4v) is 5.58. The summed E-state index contributed by atoms with van der Waals surface area (Å²) in [5.74, 6) is -0.599. The summed E-state index contributed by atoms with van der Waals surface area (Å²) in [7, 11) is -3.59. The van der Waals surface area contributed by atoms with E-state index in [1.165, 1.54) is 22.5 Å². The van der Waals surface area contributed by atoms with E-state index in [0.29, 0.717) is 35.7 Å². The van der Waals surface area contributed by atoms with E-state index in [1.807, 2.05) is 0 Å². The van der Waals surface area contributed by atoms with E-state index in [9.17, 15) is 17.6 Å². The van der Waals surface area contributed by atoms with Gasteiger partial charge in [-0.15, -0.1) is 0 Å². The van der Waals surface area contributed by atoms with Gasteiger partial charge in [0.25, 0.3) is 0 Å². The highest BCUT2D eigenvalue weighted by Gasteiger charge is 2.31. The number of carbonyl (C=O) groups is 1. The Hall–Kier alpha value is -2.26. The Morgan fingerprint density at radius 2 is 1.86 bits per heavy atom. The first-order valence-corrected chi connectivity index (χ1v) is 11.2. The predicted octanol–water partition coefficient (Wildman–Crippen LogP) is 3.15. The Kier molecular flexibility index (Phi) is 6.38. The van der Waals surface area contributed by atoms with Crippen molar-refractivity contribution >= 4 is 21.6 Å². The van der Waals surface area contributed by atoms with Crippen LogP contribution in [-0.4, -0.2) is 41.5 Å². The summed E-state index contributed by atoms with van der Waals surface area (Å²) in [6, 6.07) is 4.17. The van der Waals surface area contributed by atoms with E-state index in [0.717, 1.165) is 19.3 Å². The molecule has 0 bridgehead atoms. The average molecular weight is 423 g/mol. The molecule has 1 aliphatic heterocycles. The van der Waals surface area contributed by atoms with Crippen LogP contribution in [-0.2, 0) is 21.4 Å². The van der Waals surface area contributed by atoms with E-state index in [-0.39, 0.29) is 29.6 Å². The number of amides is 1. The lowest BCUT2D eigenvalue weighted by Gasteiger charge is -2.26. The zero-order valence-electron chi connectivity index (χ0n) is 17.0. The number of hydrogen-bond acceptors (Lipinski definition) is 4. The van der Waals surface area contributed by atoms with Gasteiger partial charge in [0.2, 0.25) is 15.9 Å². The maximum absolute atomic E-state index is 13.2. The van der Waals surface area contributed by atoms with Gasteiger partial charge in [0, 0.05) is 25.2 Å². The number of halogens is 1. The molecule has 0 unspecified atom stereocenters. The Morgan fingerprint density at radius 3 is 2.52 bits per heavy atom. The van der Waals surface area contributed by atoms with Crippen LogP contribution in [0.4, 0.5) is 10.1 Å². The molecule has 1 N–H and O–H groups in total. The molecule has 1 saturated heterocycles. The zero-order valence-corrected chi connectivity index (χ0v) is 17.9. The van der Waals surface area contributed by atoms with Gasteiger partial charge in [-0.25, -0.2) is 12.8 Å². The van der Waals surface area contributed by atoms with Gasteiger partial charge in [-0.05, 0) is 57.4 Å². The highest BCUT2D eigenvalue weighted by atomic mass is 32.2. The highest BCUT2D eigenvalue weighted by molar-refractivity contribution is 7.89. The van der Waals surface area contributed by atoms with E-state index >= 15 is 0 Å². The largest absolute Gasteiger partial charge is 0.326 e. The standard InChI is InChI=1S/C20H27FN4O3S/c1-14-13-17(21)7-8-18(14)22-19(26)9-12-25-16(3)20(15(2)23-25)29(27,28)24-10-5-4-6-11-24/h7-8,13H,4-6,9-12H2,1-3H3,(H,22,26). The number of sulfonamides is 1. The number of hydrogen-bond donors (Lipinski definition) is 1. The van der Waals surface area contributed by atoms with E-state index < -0.39 is 10.0 Å². The second-order valence-corrected chi connectivity index (χ2v) is 9.32. The van der Waals surface area contributed by atoms with Crippen molar-refractivity contribution in [1.29, 1.82) is 0 Å². The highest BCUT2D eigenvalue weighted by Crippen LogP contribution is 2.26. The monoisotopic (exact) mass is 422 g/mol. The summed E-state index contributed by atoms with van der Waals surface area (Å²) in [5, 5.41) is 7.12. The minimum absolute atomic E-state index is 0.127. The van der Waals surface area contributed by atoms with Crippen molar-refractivity contribution in [1.82, 2.24) is 14.1 Å². The summed E-state index contributed by atoms with van der Waals surface area (Å²) in [6.45, 7) is 6.45. The molecular weight excluding hydrogens is 395 g/mol. The number of aryl methyl sites for hydroxylation is 3. The van der Waals surface area contributed by atoms with Crippen LogP contribution in [0.15, 0.2) is 23.1 Å². The summed E-state index contributed by atoms with van der Waals surface area (Å²) in [4.78, 5) is 12.5. The number of nitrogens with one attached hydrogen (secondary N) is 1. The molecule has 0 saturated carbocycles. The topological polar surface area (TPSA) is 84.3 Å². The maximum atomic E-state index is 13.2. The number of piperidine rings is 1. The van der Waals surface area contributed by atoms with Gasteiger partial charge in [-0.3, -0.25) is 9.48 Å². The molecule has 1 amide bonds. The van der Waals surface area contributed by atoms with Gasteiger partial charge >= 0.3 is 0 Å². The summed E-state index contributed by atoms with van der Waals surface area (Å²) >= 11 is 0. The molecule has 7 nitrogen and oxygen atoms in total. The SMILES string of the molecule is Cc1cc(F)ccc1NC(=O)CCn1nc(C)c(S(=O)(=O)N2CCCCC2)c1C. The van der Waals surface area contributed by atoms with Crippen LogP contribution in [0.1, 0.15) is 42.6 Å². The maximum Gasteiger partial charge on any atom is 0.246 e. The van der Waals surface area contributed by atoms with Crippen LogP contribution in [0.2, 0.25) is 0 Å². The lowest BCUT2D eigenvalue weighted by atomic mass is 10.2. The molecule has 3 rings (SSSR count). The van der Waals surface area contributed by atoms with E-state index in [1.54, 1.807) is 25.5 Å². The Balaban J connectivity index is 1.70. The minimum Gasteiger partial charge on any atom is -0.326 e. The molecule has 2 aromatic rings. The zero-order chi connectivity index (χ0) is 21.2. The van der Waals surface area contributed by atoms with Crippen molar-refractivity contribution in [3.63, 3.8) is 0 Å². The number of benzene rings is 1. The molecule has 0 radical (unpaired) electrons. The number of carbonyl (C=O) groups excluding carboxylic acids is 1. The molecule has 0 atom stereocenters. The van der Waals surface area contributed by atoms with Crippen molar-refractivity contribution in [3.05, 3.63) is 41.0 Å². The first-order valence-electron chi connectivity index (χ1n) is 9.80. The molecule has 2 heterocycles. The molecule has 29 heavy (non-hydrogen) atoms. The fourth-order valence-electron chi connectivity index (χ4n) is 3.69. The third-order valence-electron chi connectivity index (χ3n) is 5.24. The van der Waals surface area contributed by atoms with Crippen molar-refractivity contribution in [2.75, 3.05) is 18.4 Å². The van der Waals surface area contributed by atoms with Gasteiger partial charge in [0.1, 0.15) is 10.7 Å². The molecular formula is C20H27FN4O3S. The molecule has 1 aliphatic rings. The van der Waals surface area contributed by atoms with Crippen molar-refractivity contribution in [2.45, 2.75) is 57.9 Å². The normalized spacial score (nSPS) is 15.4. The Morgan fingerprint density at radius 1 is 1.17 bits per heavy atom.